The van der Waals surface area contributed by atoms with E-state index >= 15 is 0 Å². The second-order valence-corrected chi connectivity index (χ2v) is 4.99. The SMILES string of the molecule is O=C(O)CN(CC1CC1)C(=O)c1cnn2ccncc12. The van der Waals surface area contributed by atoms with Crippen LogP contribution in [0, 0.1) is 5.92 Å². The zero-order chi connectivity index (χ0) is 14.1. The first kappa shape index (κ1) is 12.6. The molecular formula is C13H14N4O3. The van der Waals surface area contributed by atoms with Gasteiger partial charge in [0, 0.05) is 18.9 Å². The van der Waals surface area contributed by atoms with E-state index in [2.05, 4.69) is 10.1 Å². The minimum atomic E-state index is -1.01. The standard InChI is InChI=1S/C13H14N4O3/c18-12(19)8-16(7-9-1-2-9)13(20)10-5-15-17-4-3-14-6-11(10)17/h3-6,9H,1-2,7-8H2,(H,18,19). The molecule has 1 fully saturated rings. The summed E-state index contributed by atoms with van der Waals surface area (Å²) in [5.41, 5.74) is 0.976. The summed E-state index contributed by atoms with van der Waals surface area (Å²) in [6.07, 6.45) is 8.35. The zero-order valence-electron chi connectivity index (χ0n) is 10.8. The van der Waals surface area contributed by atoms with Crippen molar-refractivity contribution < 1.29 is 14.7 Å². The summed E-state index contributed by atoms with van der Waals surface area (Å²) in [5.74, 6) is -0.880. The van der Waals surface area contributed by atoms with Crippen LogP contribution < -0.4 is 0 Å². The number of aromatic nitrogens is 3. The summed E-state index contributed by atoms with van der Waals surface area (Å²) in [6.45, 7) is 0.204. The van der Waals surface area contributed by atoms with Gasteiger partial charge in [-0.3, -0.25) is 14.6 Å². The molecule has 2 heterocycles. The Morgan fingerprint density at radius 1 is 1.40 bits per heavy atom. The van der Waals surface area contributed by atoms with E-state index in [0.29, 0.717) is 23.5 Å². The van der Waals surface area contributed by atoms with Gasteiger partial charge in [-0.1, -0.05) is 0 Å². The van der Waals surface area contributed by atoms with Crippen LogP contribution in [0.5, 0.6) is 0 Å². The van der Waals surface area contributed by atoms with Crippen molar-refractivity contribution in [3.8, 4) is 0 Å². The molecule has 7 heteroatoms. The number of nitrogens with zero attached hydrogens (tertiary/aromatic N) is 4. The van der Waals surface area contributed by atoms with Crippen LogP contribution in [0.25, 0.3) is 5.52 Å². The molecule has 0 aliphatic heterocycles. The van der Waals surface area contributed by atoms with Crippen LogP contribution in [0.4, 0.5) is 0 Å². The van der Waals surface area contributed by atoms with Gasteiger partial charge in [0.25, 0.3) is 5.91 Å². The maximum Gasteiger partial charge on any atom is 0.323 e. The van der Waals surface area contributed by atoms with Crippen LogP contribution in [0.15, 0.2) is 24.8 Å². The number of carboxylic acids is 1. The van der Waals surface area contributed by atoms with E-state index in [-0.39, 0.29) is 12.5 Å². The molecule has 0 bridgehead atoms. The molecule has 1 amide bonds. The van der Waals surface area contributed by atoms with E-state index in [4.69, 9.17) is 5.11 Å². The molecule has 2 aromatic rings. The Morgan fingerprint density at radius 2 is 2.20 bits per heavy atom. The van der Waals surface area contributed by atoms with Crippen molar-refractivity contribution in [2.75, 3.05) is 13.1 Å². The number of fused-ring (bicyclic) bond motifs is 1. The Labute approximate surface area is 114 Å². The van der Waals surface area contributed by atoms with Crippen LogP contribution in [0.3, 0.4) is 0 Å². The molecule has 0 radical (unpaired) electrons. The van der Waals surface area contributed by atoms with E-state index in [1.807, 2.05) is 0 Å². The summed E-state index contributed by atoms with van der Waals surface area (Å²) >= 11 is 0. The predicted octanol–water partition coefficient (Wildman–Crippen LogP) is 0.666. The first-order chi connectivity index (χ1) is 9.65. The molecule has 1 N–H and O–H groups in total. The highest BCUT2D eigenvalue weighted by Gasteiger charge is 2.29. The van der Waals surface area contributed by atoms with Crippen molar-refractivity contribution in [3.63, 3.8) is 0 Å². The third kappa shape index (κ3) is 2.47. The quantitative estimate of drug-likeness (QED) is 0.865. The minimum absolute atomic E-state index is 0.285. The second-order valence-electron chi connectivity index (χ2n) is 4.99. The predicted molar refractivity (Wildman–Crippen MR) is 69.3 cm³/mol. The van der Waals surface area contributed by atoms with Crippen molar-refractivity contribution in [1.29, 1.82) is 0 Å². The molecule has 0 spiro atoms. The topological polar surface area (TPSA) is 87.8 Å². The van der Waals surface area contributed by atoms with Gasteiger partial charge in [0.05, 0.1) is 23.5 Å². The Bertz CT molecular complexity index is 662. The number of carbonyl (C=O) groups excluding carboxylic acids is 1. The molecule has 1 aliphatic rings. The normalized spacial score (nSPS) is 14.4. The van der Waals surface area contributed by atoms with Crippen LogP contribution >= 0.6 is 0 Å². The molecular weight excluding hydrogens is 260 g/mol. The van der Waals surface area contributed by atoms with Gasteiger partial charge in [-0.05, 0) is 18.8 Å². The summed E-state index contributed by atoms with van der Waals surface area (Å²) < 4.78 is 1.55. The van der Waals surface area contributed by atoms with Crippen LogP contribution in [0.1, 0.15) is 23.2 Å². The summed E-state index contributed by atoms with van der Waals surface area (Å²) in [5, 5.41) is 13.0. The first-order valence-corrected chi connectivity index (χ1v) is 6.43. The number of aliphatic carboxylic acids is 1. The van der Waals surface area contributed by atoms with Crippen LogP contribution in [-0.4, -0.2) is 49.6 Å². The first-order valence-electron chi connectivity index (χ1n) is 6.43. The average molecular weight is 274 g/mol. The molecule has 0 unspecified atom stereocenters. The van der Waals surface area contributed by atoms with Gasteiger partial charge in [-0.2, -0.15) is 5.10 Å². The lowest BCUT2D eigenvalue weighted by atomic mass is 10.2. The molecule has 20 heavy (non-hydrogen) atoms. The molecule has 1 saturated carbocycles. The molecule has 3 rings (SSSR count). The van der Waals surface area contributed by atoms with Crippen LogP contribution in [0.2, 0.25) is 0 Å². The number of hydrogen-bond donors (Lipinski definition) is 1. The number of rotatable bonds is 5. The Kier molecular flexibility index (Phi) is 3.09. The fraction of sp³-hybridized carbons (Fsp3) is 0.385. The molecule has 1 aliphatic carbocycles. The highest BCUT2D eigenvalue weighted by Crippen LogP contribution is 2.30. The maximum absolute atomic E-state index is 12.5. The van der Waals surface area contributed by atoms with Gasteiger partial charge in [-0.25, -0.2) is 4.52 Å². The van der Waals surface area contributed by atoms with Gasteiger partial charge in [-0.15, -0.1) is 0 Å². The Hall–Kier alpha value is -2.44. The highest BCUT2D eigenvalue weighted by molar-refractivity contribution is 6.01. The van der Waals surface area contributed by atoms with Crippen molar-refractivity contribution in [2.45, 2.75) is 12.8 Å². The average Bonchev–Trinajstić information content (AvgIpc) is 3.14. The Morgan fingerprint density at radius 3 is 2.90 bits per heavy atom. The summed E-state index contributed by atoms with van der Waals surface area (Å²) in [7, 11) is 0. The van der Waals surface area contributed by atoms with E-state index in [1.165, 1.54) is 11.1 Å². The maximum atomic E-state index is 12.5. The van der Waals surface area contributed by atoms with Gasteiger partial charge in [0.15, 0.2) is 0 Å². The number of amides is 1. The fourth-order valence-electron chi connectivity index (χ4n) is 2.16. The zero-order valence-corrected chi connectivity index (χ0v) is 10.8. The van der Waals surface area contributed by atoms with E-state index < -0.39 is 5.97 Å². The smallest absolute Gasteiger partial charge is 0.323 e. The number of carbonyl (C=O) groups is 2. The molecule has 0 atom stereocenters. The lowest BCUT2D eigenvalue weighted by molar-refractivity contribution is -0.137. The van der Waals surface area contributed by atoms with Gasteiger partial charge < -0.3 is 10.0 Å². The largest absolute Gasteiger partial charge is 0.480 e. The van der Waals surface area contributed by atoms with Crippen molar-refractivity contribution >= 4 is 17.4 Å². The summed E-state index contributed by atoms with van der Waals surface area (Å²) in [6, 6.07) is 0. The van der Waals surface area contributed by atoms with Crippen molar-refractivity contribution in [2.24, 2.45) is 5.92 Å². The minimum Gasteiger partial charge on any atom is -0.480 e. The fourth-order valence-corrected chi connectivity index (χ4v) is 2.16. The third-order valence-electron chi connectivity index (χ3n) is 3.34. The van der Waals surface area contributed by atoms with Crippen LogP contribution in [-0.2, 0) is 4.79 Å². The lowest BCUT2D eigenvalue weighted by Crippen LogP contribution is -2.37. The molecule has 104 valence electrons. The summed E-state index contributed by atoms with van der Waals surface area (Å²) in [4.78, 5) is 28.8. The van der Waals surface area contributed by atoms with E-state index in [0.717, 1.165) is 12.8 Å². The lowest BCUT2D eigenvalue weighted by Gasteiger charge is -2.19. The van der Waals surface area contributed by atoms with Gasteiger partial charge >= 0.3 is 5.97 Å². The molecule has 2 aromatic heterocycles. The molecule has 0 aromatic carbocycles. The van der Waals surface area contributed by atoms with E-state index in [1.54, 1.807) is 23.1 Å². The van der Waals surface area contributed by atoms with Crippen molar-refractivity contribution in [1.82, 2.24) is 19.5 Å². The van der Waals surface area contributed by atoms with Gasteiger partial charge in [0.1, 0.15) is 6.54 Å². The molecule has 0 saturated heterocycles. The number of carboxylic acid groups (broad SMARTS) is 1. The van der Waals surface area contributed by atoms with Crippen molar-refractivity contribution in [3.05, 3.63) is 30.4 Å². The molecule has 7 nitrogen and oxygen atoms in total. The van der Waals surface area contributed by atoms with Gasteiger partial charge in [0.2, 0.25) is 0 Å². The third-order valence-corrected chi connectivity index (χ3v) is 3.34. The monoisotopic (exact) mass is 274 g/mol. The number of hydrogen-bond acceptors (Lipinski definition) is 4. The highest BCUT2D eigenvalue weighted by atomic mass is 16.4. The Balaban J connectivity index is 1.89. The second kappa shape index (κ2) is 4.92. The van der Waals surface area contributed by atoms with E-state index in [9.17, 15) is 9.59 Å².